The quantitative estimate of drug-likeness (QED) is 0.880. The Morgan fingerprint density at radius 2 is 2.25 bits per heavy atom. The molecule has 0 radical (unpaired) electrons. The minimum absolute atomic E-state index is 0.319. The third-order valence-electron chi connectivity index (χ3n) is 4.44. The molecule has 2 N–H and O–H groups in total. The largest absolute Gasteiger partial charge is 0.497 e. The third-order valence-corrected chi connectivity index (χ3v) is 4.44. The molecule has 0 bridgehead atoms. The molecule has 0 saturated heterocycles. The average molecular weight is 277 g/mol. The van der Waals surface area contributed by atoms with Crippen LogP contribution in [-0.4, -0.2) is 37.5 Å². The number of hydrogen-bond donors (Lipinski definition) is 2. The fraction of sp³-hybridized carbons (Fsp3) is 0.625. The number of ether oxygens (including phenoxy) is 2. The number of methoxy groups -OCH3 is 1. The summed E-state index contributed by atoms with van der Waals surface area (Å²) in [5.41, 5.74) is 1.21. The lowest BCUT2D eigenvalue weighted by atomic mass is 10.0. The summed E-state index contributed by atoms with van der Waals surface area (Å²) in [4.78, 5) is 0. The first-order valence-electron chi connectivity index (χ1n) is 7.45. The lowest BCUT2D eigenvalue weighted by Crippen LogP contribution is -2.44. The van der Waals surface area contributed by atoms with Crippen LogP contribution in [-0.2, 0) is 6.42 Å². The van der Waals surface area contributed by atoms with Gasteiger partial charge >= 0.3 is 0 Å². The number of aliphatic hydroxyl groups is 1. The van der Waals surface area contributed by atoms with Gasteiger partial charge in [0.2, 0.25) is 0 Å². The van der Waals surface area contributed by atoms with E-state index in [9.17, 15) is 5.11 Å². The maximum atomic E-state index is 9.21. The Morgan fingerprint density at radius 3 is 3.00 bits per heavy atom. The summed E-state index contributed by atoms with van der Waals surface area (Å²) in [6.07, 6.45) is 4.35. The van der Waals surface area contributed by atoms with Gasteiger partial charge in [-0.25, -0.2) is 0 Å². The van der Waals surface area contributed by atoms with Crippen LogP contribution in [0.2, 0.25) is 0 Å². The molecule has 1 heterocycles. The Bertz CT molecular complexity index is 463. The van der Waals surface area contributed by atoms with Crippen LogP contribution >= 0.6 is 0 Å². The van der Waals surface area contributed by atoms with Crippen molar-refractivity contribution in [1.82, 2.24) is 5.32 Å². The topological polar surface area (TPSA) is 50.7 Å². The number of hydrogen-bond acceptors (Lipinski definition) is 4. The minimum atomic E-state index is 0.319. The smallest absolute Gasteiger partial charge is 0.122 e. The van der Waals surface area contributed by atoms with Crippen molar-refractivity contribution < 1.29 is 14.6 Å². The average Bonchev–Trinajstić information content (AvgIpc) is 2.94. The van der Waals surface area contributed by atoms with Gasteiger partial charge in [0.25, 0.3) is 0 Å². The maximum Gasteiger partial charge on any atom is 0.122 e. The first-order valence-corrected chi connectivity index (χ1v) is 7.45. The molecule has 1 aliphatic carbocycles. The molecular formula is C16H23NO3. The van der Waals surface area contributed by atoms with Crippen molar-refractivity contribution in [2.24, 2.45) is 5.92 Å². The zero-order valence-corrected chi connectivity index (χ0v) is 12.0. The molecule has 0 spiro atoms. The second-order valence-corrected chi connectivity index (χ2v) is 5.91. The third kappa shape index (κ3) is 2.91. The summed E-state index contributed by atoms with van der Waals surface area (Å²) >= 11 is 0. The zero-order valence-electron chi connectivity index (χ0n) is 12.0. The predicted molar refractivity (Wildman–Crippen MR) is 77.3 cm³/mol. The van der Waals surface area contributed by atoms with E-state index in [2.05, 4.69) is 11.4 Å². The van der Waals surface area contributed by atoms with Gasteiger partial charge in [-0.2, -0.15) is 0 Å². The van der Waals surface area contributed by atoms with Crippen molar-refractivity contribution in [1.29, 1.82) is 0 Å². The summed E-state index contributed by atoms with van der Waals surface area (Å²) in [5, 5.41) is 12.9. The standard InChI is InChI=1S/C16H23NO3/c1-19-15-4-5-16-12(8-15)7-14(10-20-16)17-13-3-2-11(6-13)9-18/h4-5,8,11,13-14,17-18H,2-3,6-7,9-10H2,1H3/t11-,13+,14-/m1/s1. The van der Waals surface area contributed by atoms with Crippen molar-refractivity contribution in [2.45, 2.75) is 37.8 Å². The van der Waals surface area contributed by atoms with Gasteiger partial charge in [-0.1, -0.05) is 0 Å². The molecule has 3 atom stereocenters. The first kappa shape index (κ1) is 13.7. The zero-order chi connectivity index (χ0) is 13.9. The molecule has 1 fully saturated rings. The van der Waals surface area contributed by atoms with Gasteiger partial charge in [0, 0.05) is 18.7 Å². The van der Waals surface area contributed by atoms with Gasteiger partial charge in [-0.15, -0.1) is 0 Å². The van der Waals surface area contributed by atoms with Crippen LogP contribution in [0.1, 0.15) is 24.8 Å². The lowest BCUT2D eigenvalue weighted by Gasteiger charge is -2.29. The number of fused-ring (bicyclic) bond motifs is 1. The van der Waals surface area contributed by atoms with Gasteiger partial charge in [-0.3, -0.25) is 0 Å². The number of rotatable bonds is 4. The normalized spacial score (nSPS) is 28.8. The Hall–Kier alpha value is -1.26. The molecular weight excluding hydrogens is 254 g/mol. The number of aliphatic hydroxyl groups excluding tert-OH is 1. The lowest BCUT2D eigenvalue weighted by molar-refractivity contribution is 0.214. The van der Waals surface area contributed by atoms with Crippen LogP contribution in [0.5, 0.6) is 11.5 Å². The van der Waals surface area contributed by atoms with Crippen molar-refractivity contribution >= 4 is 0 Å². The highest BCUT2D eigenvalue weighted by Crippen LogP contribution is 2.30. The number of nitrogens with one attached hydrogen (secondary N) is 1. The molecule has 1 aliphatic heterocycles. The van der Waals surface area contributed by atoms with Crippen molar-refractivity contribution in [3.63, 3.8) is 0 Å². The van der Waals surface area contributed by atoms with Gasteiger partial charge in [0.15, 0.2) is 0 Å². The van der Waals surface area contributed by atoms with Gasteiger partial charge < -0.3 is 19.9 Å². The van der Waals surface area contributed by atoms with Crippen LogP contribution in [0, 0.1) is 5.92 Å². The highest BCUT2D eigenvalue weighted by atomic mass is 16.5. The highest BCUT2D eigenvalue weighted by molar-refractivity contribution is 5.42. The molecule has 3 rings (SSSR count). The van der Waals surface area contributed by atoms with Crippen LogP contribution in [0.15, 0.2) is 18.2 Å². The minimum Gasteiger partial charge on any atom is -0.497 e. The SMILES string of the molecule is COc1ccc2c(c1)C[C@@H](N[C@H]1CC[C@@H](CO)C1)CO2. The van der Waals surface area contributed by atoms with Crippen molar-refractivity contribution in [2.75, 3.05) is 20.3 Å². The van der Waals surface area contributed by atoms with Gasteiger partial charge in [0.05, 0.1) is 7.11 Å². The molecule has 1 saturated carbocycles. The van der Waals surface area contributed by atoms with E-state index in [1.807, 2.05) is 12.1 Å². The molecule has 4 heteroatoms. The van der Waals surface area contributed by atoms with E-state index in [-0.39, 0.29) is 0 Å². The molecule has 20 heavy (non-hydrogen) atoms. The van der Waals surface area contributed by atoms with Crippen molar-refractivity contribution in [3.8, 4) is 11.5 Å². The monoisotopic (exact) mass is 277 g/mol. The fourth-order valence-corrected chi connectivity index (χ4v) is 3.33. The maximum absolute atomic E-state index is 9.21. The summed E-state index contributed by atoms with van der Waals surface area (Å²) in [6, 6.07) is 6.87. The summed E-state index contributed by atoms with van der Waals surface area (Å²) in [6.45, 7) is 1.04. The van der Waals surface area contributed by atoms with Crippen LogP contribution in [0.3, 0.4) is 0 Å². The van der Waals surface area contributed by atoms with Gasteiger partial charge in [-0.05, 0) is 55.4 Å². The summed E-state index contributed by atoms with van der Waals surface area (Å²) in [5.74, 6) is 2.34. The Labute approximate surface area is 120 Å². The van der Waals surface area contributed by atoms with Crippen LogP contribution < -0.4 is 14.8 Å². The molecule has 4 nitrogen and oxygen atoms in total. The Morgan fingerprint density at radius 1 is 1.35 bits per heavy atom. The Kier molecular flexibility index (Phi) is 4.13. The molecule has 2 aliphatic rings. The predicted octanol–water partition coefficient (Wildman–Crippen LogP) is 1.75. The molecule has 0 amide bonds. The van der Waals surface area contributed by atoms with E-state index >= 15 is 0 Å². The van der Waals surface area contributed by atoms with Crippen LogP contribution in [0.25, 0.3) is 0 Å². The van der Waals surface area contributed by atoms with E-state index in [1.54, 1.807) is 7.11 Å². The molecule has 0 aromatic heterocycles. The fourth-order valence-electron chi connectivity index (χ4n) is 3.33. The molecule has 1 aromatic carbocycles. The van der Waals surface area contributed by atoms with E-state index in [0.29, 0.717) is 24.6 Å². The van der Waals surface area contributed by atoms with E-state index in [0.717, 1.165) is 43.8 Å². The van der Waals surface area contributed by atoms with E-state index < -0.39 is 0 Å². The van der Waals surface area contributed by atoms with Crippen LogP contribution in [0.4, 0.5) is 0 Å². The van der Waals surface area contributed by atoms with E-state index in [1.165, 1.54) is 5.56 Å². The second-order valence-electron chi connectivity index (χ2n) is 5.91. The highest BCUT2D eigenvalue weighted by Gasteiger charge is 2.28. The molecule has 0 unspecified atom stereocenters. The second kappa shape index (κ2) is 6.02. The van der Waals surface area contributed by atoms with Gasteiger partial charge in [0.1, 0.15) is 18.1 Å². The van der Waals surface area contributed by atoms with E-state index in [4.69, 9.17) is 9.47 Å². The molecule has 110 valence electrons. The van der Waals surface area contributed by atoms with Crippen molar-refractivity contribution in [3.05, 3.63) is 23.8 Å². The number of benzene rings is 1. The molecule has 1 aromatic rings. The first-order chi connectivity index (χ1) is 9.78. The summed E-state index contributed by atoms with van der Waals surface area (Å²) in [7, 11) is 1.69. The summed E-state index contributed by atoms with van der Waals surface area (Å²) < 4.78 is 11.1. The Balaban J connectivity index is 1.60.